The lowest BCUT2D eigenvalue weighted by atomic mass is 10.3. The quantitative estimate of drug-likeness (QED) is 0.907. The first-order chi connectivity index (χ1) is 8.69. The Bertz CT molecular complexity index is 531. The van der Waals surface area contributed by atoms with Crippen LogP contribution >= 0.6 is 11.3 Å². The molecule has 0 amide bonds. The number of hydrogen-bond acceptors (Lipinski definition) is 4. The topological polar surface area (TPSA) is 34.1 Å². The van der Waals surface area contributed by atoms with E-state index in [4.69, 9.17) is 4.74 Å². The van der Waals surface area contributed by atoms with Crippen LogP contribution in [-0.4, -0.2) is 12.0 Å². The molecule has 0 bridgehead atoms. The summed E-state index contributed by atoms with van der Waals surface area (Å²) in [7, 11) is 1.84. The molecule has 0 saturated carbocycles. The third-order valence-electron chi connectivity index (χ3n) is 2.20. The van der Waals surface area contributed by atoms with Gasteiger partial charge in [0.15, 0.2) is 11.6 Å². The summed E-state index contributed by atoms with van der Waals surface area (Å²) in [5.41, 5.74) is 0.917. The third kappa shape index (κ3) is 3.24. The maximum atomic E-state index is 13.3. The van der Waals surface area contributed by atoms with Crippen LogP contribution in [-0.2, 0) is 13.2 Å². The Labute approximate surface area is 107 Å². The molecule has 0 radical (unpaired) electrons. The summed E-state index contributed by atoms with van der Waals surface area (Å²) in [6, 6.07) is 3.23. The summed E-state index contributed by atoms with van der Waals surface area (Å²) in [6.07, 6.45) is 0. The van der Waals surface area contributed by atoms with Gasteiger partial charge in [-0.05, 0) is 19.2 Å². The van der Waals surface area contributed by atoms with E-state index in [0.717, 1.165) is 22.8 Å². The van der Waals surface area contributed by atoms with E-state index in [-0.39, 0.29) is 12.4 Å². The minimum Gasteiger partial charge on any atom is -0.483 e. The van der Waals surface area contributed by atoms with Gasteiger partial charge in [-0.15, -0.1) is 11.3 Å². The van der Waals surface area contributed by atoms with Crippen molar-refractivity contribution in [3.63, 3.8) is 0 Å². The Morgan fingerprint density at radius 3 is 2.94 bits per heavy atom. The summed E-state index contributed by atoms with van der Waals surface area (Å²) in [5, 5.41) is 5.65. The van der Waals surface area contributed by atoms with E-state index in [9.17, 15) is 8.78 Å². The highest BCUT2D eigenvalue weighted by molar-refractivity contribution is 7.09. The summed E-state index contributed by atoms with van der Waals surface area (Å²) in [4.78, 5) is 4.30. The van der Waals surface area contributed by atoms with E-state index < -0.39 is 11.6 Å². The molecule has 2 rings (SSSR count). The molecule has 96 valence electrons. The van der Waals surface area contributed by atoms with Gasteiger partial charge in [-0.3, -0.25) is 0 Å². The predicted molar refractivity (Wildman–Crippen MR) is 65.6 cm³/mol. The van der Waals surface area contributed by atoms with Crippen molar-refractivity contribution in [3.05, 3.63) is 45.9 Å². The number of aromatic nitrogens is 1. The second-order valence-electron chi connectivity index (χ2n) is 3.63. The van der Waals surface area contributed by atoms with Crippen LogP contribution in [0.3, 0.4) is 0 Å². The summed E-state index contributed by atoms with van der Waals surface area (Å²) >= 11 is 1.45. The maximum Gasteiger partial charge on any atom is 0.167 e. The molecule has 0 aliphatic carbocycles. The van der Waals surface area contributed by atoms with Crippen molar-refractivity contribution in [2.24, 2.45) is 0 Å². The van der Waals surface area contributed by atoms with Crippen molar-refractivity contribution in [2.45, 2.75) is 13.2 Å². The monoisotopic (exact) mass is 270 g/mol. The van der Waals surface area contributed by atoms with Gasteiger partial charge in [-0.1, -0.05) is 0 Å². The first-order valence-corrected chi connectivity index (χ1v) is 6.22. The van der Waals surface area contributed by atoms with Gasteiger partial charge in [0.2, 0.25) is 0 Å². The zero-order valence-electron chi connectivity index (χ0n) is 9.74. The molecule has 3 nitrogen and oxygen atoms in total. The second kappa shape index (κ2) is 5.88. The molecule has 1 aromatic carbocycles. The van der Waals surface area contributed by atoms with Crippen molar-refractivity contribution in [1.82, 2.24) is 10.3 Å². The van der Waals surface area contributed by atoms with Gasteiger partial charge in [0.05, 0.1) is 5.69 Å². The number of thiazole rings is 1. The fraction of sp³-hybridized carbons (Fsp3) is 0.250. The van der Waals surface area contributed by atoms with Crippen LogP contribution in [0.2, 0.25) is 0 Å². The molecule has 0 aliphatic rings. The molecule has 0 fully saturated rings. The SMILES string of the molecule is CNCc1csc(COc2ccc(F)cc2F)n1. The molecule has 0 aliphatic heterocycles. The van der Waals surface area contributed by atoms with Gasteiger partial charge in [-0.2, -0.15) is 0 Å². The molecule has 0 spiro atoms. The fourth-order valence-corrected chi connectivity index (χ4v) is 2.11. The highest BCUT2D eigenvalue weighted by Gasteiger charge is 2.07. The standard InChI is InChI=1S/C12H12F2N2OS/c1-15-5-9-7-18-12(16-9)6-17-11-3-2-8(13)4-10(11)14/h2-4,7,15H,5-6H2,1H3. The van der Waals surface area contributed by atoms with Crippen molar-refractivity contribution in [1.29, 1.82) is 0 Å². The van der Waals surface area contributed by atoms with E-state index in [0.29, 0.717) is 6.54 Å². The van der Waals surface area contributed by atoms with Crippen LogP contribution in [0.15, 0.2) is 23.6 Å². The van der Waals surface area contributed by atoms with Crippen LogP contribution in [0.1, 0.15) is 10.7 Å². The van der Waals surface area contributed by atoms with E-state index >= 15 is 0 Å². The molecule has 2 aromatic rings. The molecule has 0 atom stereocenters. The molecule has 1 N–H and O–H groups in total. The number of nitrogens with one attached hydrogen (secondary N) is 1. The largest absolute Gasteiger partial charge is 0.483 e. The smallest absolute Gasteiger partial charge is 0.167 e. The number of nitrogens with zero attached hydrogens (tertiary/aromatic N) is 1. The summed E-state index contributed by atoms with van der Waals surface area (Å²) in [5.74, 6) is -1.30. The van der Waals surface area contributed by atoms with Crippen LogP contribution in [0.5, 0.6) is 5.75 Å². The van der Waals surface area contributed by atoms with Gasteiger partial charge in [0.1, 0.15) is 17.4 Å². The Balaban J connectivity index is 1.97. The minimum atomic E-state index is -0.706. The zero-order valence-corrected chi connectivity index (χ0v) is 10.6. The lowest BCUT2D eigenvalue weighted by Crippen LogP contribution is -2.05. The van der Waals surface area contributed by atoms with Crippen molar-refractivity contribution >= 4 is 11.3 Å². The average Bonchev–Trinajstić information content (AvgIpc) is 2.76. The molecule has 0 saturated heterocycles. The normalized spacial score (nSPS) is 10.6. The predicted octanol–water partition coefficient (Wildman–Crippen LogP) is 2.72. The minimum absolute atomic E-state index is 0.0294. The number of rotatable bonds is 5. The maximum absolute atomic E-state index is 13.3. The van der Waals surface area contributed by atoms with Gasteiger partial charge >= 0.3 is 0 Å². The number of hydrogen-bond donors (Lipinski definition) is 1. The van der Waals surface area contributed by atoms with Crippen LogP contribution in [0.4, 0.5) is 8.78 Å². The average molecular weight is 270 g/mol. The van der Waals surface area contributed by atoms with E-state index in [1.54, 1.807) is 0 Å². The molecule has 0 unspecified atom stereocenters. The lowest BCUT2D eigenvalue weighted by molar-refractivity contribution is 0.288. The van der Waals surface area contributed by atoms with E-state index in [2.05, 4.69) is 10.3 Å². The molecule has 1 heterocycles. The van der Waals surface area contributed by atoms with Gasteiger partial charge < -0.3 is 10.1 Å². The molecular formula is C12H12F2N2OS. The summed E-state index contributed by atoms with van der Waals surface area (Å²) < 4.78 is 31.2. The van der Waals surface area contributed by atoms with Crippen molar-refractivity contribution < 1.29 is 13.5 Å². The summed E-state index contributed by atoms with van der Waals surface area (Å²) in [6.45, 7) is 0.859. The molecule has 1 aromatic heterocycles. The Morgan fingerprint density at radius 2 is 2.22 bits per heavy atom. The van der Waals surface area contributed by atoms with Crippen LogP contribution in [0.25, 0.3) is 0 Å². The Morgan fingerprint density at radius 1 is 1.39 bits per heavy atom. The first-order valence-electron chi connectivity index (χ1n) is 5.35. The third-order valence-corrected chi connectivity index (χ3v) is 3.07. The first kappa shape index (κ1) is 12.9. The fourth-order valence-electron chi connectivity index (χ4n) is 1.41. The zero-order chi connectivity index (χ0) is 13.0. The Kier molecular flexibility index (Phi) is 4.22. The van der Waals surface area contributed by atoms with Crippen molar-refractivity contribution in [2.75, 3.05) is 7.05 Å². The van der Waals surface area contributed by atoms with Crippen LogP contribution in [0, 0.1) is 11.6 Å². The molecule has 6 heteroatoms. The number of ether oxygens (including phenoxy) is 1. The van der Waals surface area contributed by atoms with Crippen LogP contribution < -0.4 is 10.1 Å². The van der Waals surface area contributed by atoms with Gasteiger partial charge in [0, 0.05) is 18.0 Å². The number of halogens is 2. The second-order valence-corrected chi connectivity index (χ2v) is 4.57. The van der Waals surface area contributed by atoms with Crippen molar-refractivity contribution in [3.8, 4) is 5.75 Å². The van der Waals surface area contributed by atoms with E-state index in [1.807, 2.05) is 12.4 Å². The lowest BCUT2D eigenvalue weighted by Gasteiger charge is -2.04. The van der Waals surface area contributed by atoms with Gasteiger partial charge in [-0.25, -0.2) is 13.8 Å². The molecule has 18 heavy (non-hydrogen) atoms. The van der Waals surface area contributed by atoms with Gasteiger partial charge in [0.25, 0.3) is 0 Å². The van der Waals surface area contributed by atoms with E-state index in [1.165, 1.54) is 17.4 Å². The highest BCUT2D eigenvalue weighted by atomic mass is 32.1. The Hall–Kier alpha value is -1.53. The number of benzene rings is 1. The highest BCUT2D eigenvalue weighted by Crippen LogP contribution is 2.20. The molecular weight excluding hydrogens is 258 g/mol.